The molecule has 3 aromatic rings. The SMILES string of the molecule is Cc1cc(-c2nc3cc4c(cc3[nH]2)NC(=O)C42CCCC2)[nH]n1. The second-order valence-electron chi connectivity index (χ2n) is 6.67. The molecule has 3 heterocycles. The molecule has 1 aliphatic heterocycles. The average Bonchev–Trinajstić information content (AvgIpc) is 3.27. The summed E-state index contributed by atoms with van der Waals surface area (Å²) in [4.78, 5) is 20.5. The third kappa shape index (κ3) is 1.66. The molecule has 116 valence electrons. The summed E-state index contributed by atoms with van der Waals surface area (Å²) >= 11 is 0. The lowest BCUT2D eigenvalue weighted by Crippen LogP contribution is -2.30. The number of hydrogen-bond donors (Lipinski definition) is 3. The first-order chi connectivity index (χ1) is 11.2. The van der Waals surface area contributed by atoms with Gasteiger partial charge in [-0.25, -0.2) is 4.98 Å². The van der Waals surface area contributed by atoms with Gasteiger partial charge in [-0.1, -0.05) is 12.8 Å². The molecule has 2 aromatic heterocycles. The van der Waals surface area contributed by atoms with E-state index in [1.807, 2.05) is 19.1 Å². The molecule has 0 saturated heterocycles. The van der Waals surface area contributed by atoms with Crippen molar-refractivity contribution in [3.63, 3.8) is 0 Å². The lowest BCUT2D eigenvalue weighted by Gasteiger charge is -2.20. The summed E-state index contributed by atoms with van der Waals surface area (Å²) < 4.78 is 0. The van der Waals surface area contributed by atoms with Crippen LogP contribution in [-0.2, 0) is 10.2 Å². The van der Waals surface area contributed by atoms with Crippen LogP contribution < -0.4 is 5.32 Å². The molecule has 1 fully saturated rings. The number of rotatable bonds is 1. The normalized spacial score (nSPS) is 18.7. The molecule has 1 aromatic carbocycles. The zero-order chi connectivity index (χ0) is 15.6. The highest BCUT2D eigenvalue weighted by atomic mass is 16.2. The minimum absolute atomic E-state index is 0.155. The molecule has 1 amide bonds. The average molecular weight is 307 g/mol. The van der Waals surface area contributed by atoms with Crippen molar-refractivity contribution in [2.45, 2.75) is 38.0 Å². The number of fused-ring (bicyclic) bond motifs is 3. The van der Waals surface area contributed by atoms with Crippen LogP contribution in [0, 0.1) is 6.92 Å². The van der Waals surface area contributed by atoms with Crippen molar-refractivity contribution in [1.82, 2.24) is 20.2 Å². The summed E-state index contributed by atoms with van der Waals surface area (Å²) in [6, 6.07) is 6.05. The topological polar surface area (TPSA) is 86.5 Å². The van der Waals surface area contributed by atoms with Gasteiger partial charge in [0.1, 0.15) is 5.69 Å². The van der Waals surface area contributed by atoms with E-state index in [9.17, 15) is 4.79 Å². The Balaban J connectivity index is 1.68. The summed E-state index contributed by atoms with van der Waals surface area (Å²) in [6.45, 7) is 1.94. The molecular weight excluding hydrogens is 290 g/mol. The van der Waals surface area contributed by atoms with E-state index in [-0.39, 0.29) is 11.3 Å². The van der Waals surface area contributed by atoms with Crippen molar-refractivity contribution in [1.29, 1.82) is 0 Å². The number of carbonyl (C=O) groups excluding carboxylic acids is 1. The van der Waals surface area contributed by atoms with Crippen LogP contribution in [0.3, 0.4) is 0 Å². The molecule has 23 heavy (non-hydrogen) atoms. The zero-order valence-corrected chi connectivity index (χ0v) is 12.9. The van der Waals surface area contributed by atoms with Gasteiger partial charge in [-0.05, 0) is 43.5 Å². The predicted octanol–water partition coefficient (Wildman–Crippen LogP) is 3.03. The molecule has 0 bridgehead atoms. The van der Waals surface area contributed by atoms with Crippen LogP contribution in [-0.4, -0.2) is 26.1 Å². The quantitative estimate of drug-likeness (QED) is 0.646. The van der Waals surface area contributed by atoms with Gasteiger partial charge in [0, 0.05) is 5.69 Å². The fourth-order valence-corrected chi connectivity index (χ4v) is 4.07. The Morgan fingerprint density at radius 2 is 2.00 bits per heavy atom. The van der Waals surface area contributed by atoms with Crippen molar-refractivity contribution in [2.24, 2.45) is 0 Å². The van der Waals surface area contributed by atoms with E-state index in [1.54, 1.807) is 0 Å². The third-order valence-electron chi connectivity index (χ3n) is 5.24. The zero-order valence-electron chi connectivity index (χ0n) is 12.9. The minimum Gasteiger partial charge on any atom is -0.337 e. The predicted molar refractivity (Wildman–Crippen MR) is 87.2 cm³/mol. The molecule has 1 saturated carbocycles. The number of amides is 1. The number of aromatic nitrogens is 4. The van der Waals surface area contributed by atoms with Gasteiger partial charge in [0.15, 0.2) is 5.82 Å². The standard InChI is InChI=1S/C17H17N5O/c1-9-6-14(22-21-9)15-18-12-7-10-11(8-13(12)19-15)20-16(23)17(10)4-2-3-5-17/h6-8H,2-5H2,1H3,(H,18,19)(H,20,23)(H,21,22). The van der Waals surface area contributed by atoms with E-state index >= 15 is 0 Å². The van der Waals surface area contributed by atoms with Crippen molar-refractivity contribution in [3.05, 3.63) is 29.5 Å². The molecule has 0 radical (unpaired) electrons. The molecule has 1 aliphatic carbocycles. The highest BCUT2D eigenvalue weighted by molar-refractivity contribution is 6.08. The van der Waals surface area contributed by atoms with Crippen LogP contribution in [0.25, 0.3) is 22.6 Å². The second kappa shape index (κ2) is 4.22. The van der Waals surface area contributed by atoms with Gasteiger partial charge in [-0.15, -0.1) is 0 Å². The first-order valence-electron chi connectivity index (χ1n) is 8.04. The van der Waals surface area contributed by atoms with Crippen LogP contribution in [0.5, 0.6) is 0 Å². The summed E-state index contributed by atoms with van der Waals surface area (Å²) in [5.41, 5.74) is 5.35. The van der Waals surface area contributed by atoms with Gasteiger partial charge in [0.05, 0.1) is 22.1 Å². The van der Waals surface area contributed by atoms with Crippen molar-refractivity contribution in [3.8, 4) is 11.5 Å². The van der Waals surface area contributed by atoms with Gasteiger partial charge >= 0.3 is 0 Å². The van der Waals surface area contributed by atoms with Gasteiger partial charge < -0.3 is 10.3 Å². The smallest absolute Gasteiger partial charge is 0.235 e. The maximum Gasteiger partial charge on any atom is 0.235 e. The van der Waals surface area contributed by atoms with Crippen LogP contribution in [0.4, 0.5) is 5.69 Å². The second-order valence-corrected chi connectivity index (χ2v) is 6.67. The van der Waals surface area contributed by atoms with E-state index in [1.165, 1.54) is 0 Å². The number of imidazole rings is 1. The first-order valence-corrected chi connectivity index (χ1v) is 8.04. The Labute approximate surface area is 132 Å². The molecule has 2 aliphatic rings. The van der Waals surface area contributed by atoms with E-state index in [4.69, 9.17) is 0 Å². The number of aromatic amines is 2. The van der Waals surface area contributed by atoms with Gasteiger partial charge in [-0.3, -0.25) is 9.89 Å². The molecule has 3 N–H and O–H groups in total. The number of aryl methyl sites for hydroxylation is 1. The highest BCUT2D eigenvalue weighted by Crippen LogP contribution is 2.49. The summed E-state index contributed by atoms with van der Waals surface area (Å²) in [5.74, 6) is 0.929. The molecule has 6 heteroatoms. The lowest BCUT2D eigenvalue weighted by molar-refractivity contribution is -0.120. The Kier molecular flexibility index (Phi) is 2.36. The number of carbonyl (C=O) groups is 1. The summed E-state index contributed by atoms with van der Waals surface area (Å²) in [5, 5.41) is 10.2. The van der Waals surface area contributed by atoms with E-state index in [0.29, 0.717) is 0 Å². The van der Waals surface area contributed by atoms with Crippen molar-refractivity contribution >= 4 is 22.6 Å². The molecule has 0 unspecified atom stereocenters. The maximum absolute atomic E-state index is 12.5. The third-order valence-corrected chi connectivity index (χ3v) is 5.24. The Hall–Kier alpha value is -2.63. The van der Waals surface area contributed by atoms with Crippen LogP contribution in [0.15, 0.2) is 18.2 Å². The fraction of sp³-hybridized carbons (Fsp3) is 0.353. The molecule has 1 spiro atoms. The number of H-pyrrole nitrogens is 2. The first kappa shape index (κ1) is 12.9. The monoisotopic (exact) mass is 307 g/mol. The van der Waals surface area contributed by atoms with Crippen LogP contribution in [0.1, 0.15) is 36.9 Å². The lowest BCUT2D eigenvalue weighted by atomic mass is 9.80. The van der Waals surface area contributed by atoms with Gasteiger partial charge in [0.25, 0.3) is 0 Å². The summed E-state index contributed by atoms with van der Waals surface area (Å²) in [6.07, 6.45) is 4.11. The maximum atomic E-state index is 12.5. The number of nitrogens with zero attached hydrogens (tertiary/aromatic N) is 2. The van der Waals surface area contributed by atoms with E-state index in [2.05, 4.69) is 31.5 Å². The summed E-state index contributed by atoms with van der Waals surface area (Å²) in [7, 11) is 0. The van der Waals surface area contributed by atoms with Gasteiger partial charge in [0.2, 0.25) is 5.91 Å². The molecule has 5 rings (SSSR count). The Morgan fingerprint density at radius 3 is 2.74 bits per heavy atom. The number of hydrogen-bond acceptors (Lipinski definition) is 3. The molecule has 0 atom stereocenters. The number of benzene rings is 1. The Morgan fingerprint density at radius 1 is 1.17 bits per heavy atom. The molecule has 6 nitrogen and oxygen atoms in total. The Bertz CT molecular complexity index is 945. The highest BCUT2D eigenvalue weighted by Gasteiger charge is 2.48. The number of nitrogens with one attached hydrogen (secondary N) is 3. The fourth-order valence-electron chi connectivity index (χ4n) is 4.07. The van der Waals surface area contributed by atoms with Crippen LogP contribution >= 0.6 is 0 Å². The van der Waals surface area contributed by atoms with E-state index < -0.39 is 0 Å². The number of anilines is 1. The largest absolute Gasteiger partial charge is 0.337 e. The minimum atomic E-state index is -0.326. The van der Waals surface area contributed by atoms with E-state index in [0.717, 1.165) is 65.2 Å². The van der Waals surface area contributed by atoms with Crippen molar-refractivity contribution < 1.29 is 4.79 Å². The molecular formula is C17H17N5O. The van der Waals surface area contributed by atoms with Crippen molar-refractivity contribution in [2.75, 3.05) is 5.32 Å². The van der Waals surface area contributed by atoms with Gasteiger partial charge in [-0.2, -0.15) is 5.10 Å². The van der Waals surface area contributed by atoms with Crippen LogP contribution in [0.2, 0.25) is 0 Å².